The van der Waals surface area contributed by atoms with Crippen LogP contribution in [0.4, 0.5) is 0 Å². The first-order valence-electron chi connectivity index (χ1n) is 8.88. The van der Waals surface area contributed by atoms with Crippen LogP contribution in [0.1, 0.15) is 55.4 Å². The highest BCUT2D eigenvalue weighted by molar-refractivity contribution is 9.13. The van der Waals surface area contributed by atoms with Crippen LogP contribution >= 0.6 is 31.9 Å². The third-order valence-corrected chi connectivity index (χ3v) is 8.40. The smallest absolute Gasteiger partial charge is 0.399 e. The first kappa shape index (κ1) is 20.9. The molecular formula is C18H26B2Br2O4. The van der Waals surface area contributed by atoms with E-state index in [2.05, 4.69) is 87.2 Å². The maximum absolute atomic E-state index is 6.18. The van der Waals surface area contributed by atoms with Crippen LogP contribution in [0, 0.1) is 0 Å². The minimum Gasteiger partial charge on any atom is -0.399 e. The van der Waals surface area contributed by atoms with Crippen molar-refractivity contribution in [1.29, 1.82) is 0 Å². The van der Waals surface area contributed by atoms with E-state index in [1.165, 1.54) is 0 Å². The molecule has 2 heterocycles. The molecule has 26 heavy (non-hydrogen) atoms. The van der Waals surface area contributed by atoms with Crippen molar-refractivity contribution in [1.82, 2.24) is 0 Å². The van der Waals surface area contributed by atoms with Crippen LogP contribution < -0.4 is 10.9 Å². The molecule has 2 saturated heterocycles. The number of hydrogen-bond donors (Lipinski definition) is 0. The molecule has 1 aromatic carbocycles. The topological polar surface area (TPSA) is 36.9 Å². The second kappa shape index (κ2) is 6.33. The van der Waals surface area contributed by atoms with Gasteiger partial charge in [0.25, 0.3) is 0 Å². The SMILES string of the molecule is CC1(C)OB(c2ccc(B3OC(C)(C)C(C)(C)O3)c(Br)c2Br)OC1(C)C. The largest absolute Gasteiger partial charge is 0.496 e. The monoisotopic (exact) mass is 486 g/mol. The first-order chi connectivity index (χ1) is 11.7. The van der Waals surface area contributed by atoms with E-state index in [-0.39, 0.29) is 22.4 Å². The lowest BCUT2D eigenvalue weighted by Crippen LogP contribution is -2.41. The fraction of sp³-hybridized carbons (Fsp3) is 0.667. The second-order valence-corrected chi connectivity index (χ2v) is 10.6. The average Bonchev–Trinajstić information content (AvgIpc) is 2.81. The van der Waals surface area contributed by atoms with Gasteiger partial charge in [-0.05, 0) is 66.3 Å². The van der Waals surface area contributed by atoms with E-state index in [1.807, 2.05) is 12.1 Å². The van der Waals surface area contributed by atoms with Crippen molar-refractivity contribution >= 4 is 57.0 Å². The Hall–Kier alpha value is 0.150. The molecule has 8 heteroatoms. The Balaban J connectivity index is 1.92. The number of halogens is 2. The summed E-state index contributed by atoms with van der Waals surface area (Å²) < 4.78 is 26.5. The van der Waals surface area contributed by atoms with Gasteiger partial charge >= 0.3 is 14.2 Å². The van der Waals surface area contributed by atoms with Gasteiger partial charge in [0.1, 0.15) is 0 Å². The van der Waals surface area contributed by atoms with Gasteiger partial charge < -0.3 is 18.6 Å². The molecule has 0 radical (unpaired) electrons. The van der Waals surface area contributed by atoms with E-state index in [4.69, 9.17) is 18.6 Å². The van der Waals surface area contributed by atoms with E-state index in [9.17, 15) is 0 Å². The lowest BCUT2D eigenvalue weighted by Gasteiger charge is -2.32. The van der Waals surface area contributed by atoms with E-state index in [1.54, 1.807) is 0 Å². The summed E-state index contributed by atoms with van der Waals surface area (Å²) in [5.41, 5.74) is 0.357. The van der Waals surface area contributed by atoms with Crippen molar-refractivity contribution in [2.75, 3.05) is 0 Å². The summed E-state index contributed by atoms with van der Waals surface area (Å²) in [6.45, 7) is 16.4. The Morgan fingerprint density at radius 2 is 0.808 bits per heavy atom. The Kier molecular flexibility index (Phi) is 5.08. The predicted molar refractivity (Wildman–Crippen MR) is 113 cm³/mol. The minimum absolute atomic E-state index is 0.381. The highest BCUT2D eigenvalue weighted by atomic mass is 79.9. The van der Waals surface area contributed by atoms with Gasteiger partial charge in [0.2, 0.25) is 0 Å². The van der Waals surface area contributed by atoms with Gasteiger partial charge in [-0.3, -0.25) is 0 Å². The number of benzene rings is 1. The summed E-state index contributed by atoms with van der Waals surface area (Å²) in [5, 5.41) is 0. The van der Waals surface area contributed by atoms with Crippen molar-refractivity contribution in [3.05, 3.63) is 21.1 Å². The van der Waals surface area contributed by atoms with Gasteiger partial charge in [0.15, 0.2) is 0 Å². The van der Waals surface area contributed by atoms with E-state index in [0.29, 0.717) is 0 Å². The normalized spacial score (nSPS) is 25.8. The summed E-state index contributed by atoms with van der Waals surface area (Å²) in [7, 11) is -0.865. The van der Waals surface area contributed by atoms with E-state index < -0.39 is 14.2 Å². The van der Waals surface area contributed by atoms with Crippen LogP contribution in [0.15, 0.2) is 21.1 Å². The second-order valence-electron chi connectivity index (χ2n) is 9.05. The summed E-state index contributed by atoms with van der Waals surface area (Å²) in [6, 6.07) is 4.02. The van der Waals surface area contributed by atoms with Crippen molar-refractivity contribution < 1.29 is 18.6 Å². The van der Waals surface area contributed by atoms with Gasteiger partial charge in [0, 0.05) is 8.95 Å². The molecule has 4 nitrogen and oxygen atoms in total. The third-order valence-electron chi connectivity index (χ3n) is 6.16. The maximum Gasteiger partial charge on any atom is 0.496 e. The van der Waals surface area contributed by atoms with Crippen LogP contribution in [0.2, 0.25) is 0 Å². The number of rotatable bonds is 2. The molecule has 0 unspecified atom stereocenters. The molecule has 1 aromatic rings. The van der Waals surface area contributed by atoms with Crippen molar-refractivity contribution in [3.8, 4) is 0 Å². The van der Waals surface area contributed by atoms with Crippen LogP contribution in [-0.2, 0) is 18.6 Å². The fourth-order valence-electron chi connectivity index (χ4n) is 2.88. The molecule has 2 aliphatic rings. The molecular weight excluding hydrogens is 462 g/mol. The lowest BCUT2D eigenvalue weighted by molar-refractivity contribution is 0.00578. The quantitative estimate of drug-likeness (QED) is 0.595. The van der Waals surface area contributed by atoms with E-state index >= 15 is 0 Å². The Morgan fingerprint density at radius 1 is 0.577 bits per heavy atom. The molecule has 3 rings (SSSR count). The zero-order valence-electron chi connectivity index (χ0n) is 16.7. The van der Waals surface area contributed by atoms with Crippen molar-refractivity contribution in [2.45, 2.75) is 77.8 Å². The van der Waals surface area contributed by atoms with Crippen molar-refractivity contribution in [2.24, 2.45) is 0 Å². The van der Waals surface area contributed by atoms with Crippen LogP contribution in [0.25, 0.3) is 0 Å². The van der Waals surface area contributed by atoms with E-state index in [0.717, 1.165) is 19.9 Å². The highest BCUT2D eigenvalue weighted by Crippen LogP contribution is 2.39. The Bertz CT molecular complexity index is 641. The average molecular weight is 488 g/mol. The van der Waals surface area contributed by atoms with Crippen LogP contribution in [-0.4, -0.2) is 36.6 Å². The van der Waals surface area contributed by atoms with Gasteiger partial charge in [-0.25, -0.2) is 0 Å². The van der Waals surface area contributed by atoms with Crippen molar-refractivity contribution in [3.63, 3.8) is 0 Å². The molecule has 0 spiro atoms. The minimum atomic E-state index is -0.432. The third kappa shape index (κ3) is 3.25. The zero-order chi connectivity index (χ0) is 19.7. The van der Waals surface area contributed by atoms with Crippen LogP contribution in [0.5, 0.6) is 0 Å². The summed E-state index contributed by atoms with van der Waals surface area (Å²) >= 11 is 7.40. The highest BCUT2D eigenvalue weighted by Gasteiger charge is 2.54. The summed E-state index contributed by atoms with van der Waals surface area (Å²) in [4.78, 5) is 0. The number of hydrogen-bond acceptors (Lipinski definition) is 4. The molecule has 0 saturated carbocycles. The Morgan fingerprint density at radius 3 is 1.04 bits per heavy atom. The molecule has 2 fully saturated rings. The molecule has 0 amide bonds. The molecule has 2 aliphatic heterocycles. The molecule has 0 N–H and O–H groups in total. The molecule has 0 aromatic heterocycles. The van der Waals surface area contributed by atoms with Gasteiger partial charge in [-0.15, -0.1) is 0 Å². The first-order valence-corrected chi connectivity index (χ1v) is 10.5. The molecule has 0 aliphatic carbocycles. The summed E-state index contributed by atoms with van der Waals surface area (Å²) in [5.74, 6) is 0. The fourth-order valence-corrected chi connectivity index (χ4v) is 3.98. The standard InChI is InChI=1S/C18H26B2Br2O4/c1-15(2)16(3,4)24-19(23-15)11-9-10-12(14(22)13(11)21)20-25-17(5,6)18(7,8)26-20/h9-10H,1-8H3. The summed E-state index contributed by atoms with van der Waals surface area (Å²) in [6.07, 6.45) is 0. The maximum atomic E-state index is 6.18. The molecule has 0 bridgehead atoms. The lowest BCUT2D eigenvalue weighted by atomic mass is 9.74. The van der Waals surface area contributed by atoms with Gasteiger partial charge in [-0.1, -0.05) is 44.0 Å². The predicted octanol–water partition coefficient (Wildman–Crippen LogP) is 3.81. The Labute approximate surface area is 174 Å². The zero-order valence-corrected chi connectivity index (χ0v) is 19.9. The van der Waals surface area contributed by atoms with Gasteiger partial charge in [-0.2, -0.15) is 0 Å². The molecule has 142 valence electrons. The van der Waals surface area contributed by atoms with Crippen LogP contribution in [0.3, 0.4) is 0 Å². The van der Waals surface area contributed by atoms with Gasteiger partial charge in [0.05, 0.1) is 22.4 Å². The molecule has 0 atom stereocenters.